The lowest BCUT2D eigenvalue weighted by molar-refractivity contribution is -0.120. The number of ether oxygens (including phenoxy) is 2. The number of aryl methyl sites for hydroxylation is 1. The number of benzene rings is 1. The zero-order valence-electron chi connectivity index (χ0n) is 11.8. The van der Waals surface area contributed by atoms with E-state index in [0.717, 1.165) is 22.6 Å². The second-order valence-electron chi connectivity index (χ2n) is 5.30. The first-order valence-corrected chi connectivity index (χ1v) is 6.72. The zero-order chi connectivity index (χ0) is 13.8. The third-order valence-electron chi connectivity index (χ3n) is 3.06. The molecule has 1 aliphatic heterocycles. The van der Waals surface area contributed by atoms with Gasteiger partial charge in [0.1, 0.15) is 13.2 Å². The summed E-state index contributed by atoms with van der Waals surface area (Å²) < 4.78 is 11.1. The first-order chi connectivity index (χ1) is 9.06. The Bertz CT molecular complexity index is 469. The van der Waals surface area contributed by atoms with Crippen molar-refractivity contribution in [3.63, 3.8) is 0 Å². The number of rotatable bonds is 4. The molecule has 1 aliphatic rings. The van der Waals surface area contributed by atoms with E-state index >= 15 is 0 Å². The van der Waals surface area contributed by atoms with Gasteiger partial charge in [-0.05, 0) is 36.1 Å². The number of carbonyl (C=O) groups excluding carboxylic acids is 1. The molecule has 0 aromatic heterocycles. The fourth-order valence-electron chi connectivity index (χ4n) is 1.98. The SMILES string of the molecule is Cc1cc2c(cc1CC(=O)NCC(C)C)OCCO2. The lowest BCUT2D eigenvalue weighted by atomic mass is 10.0. The molecule has 1 N–H and O–H groups in total. The molecule has 1 amide bonds. The number of amides is 1. The van der Waals surface area contributed by atoms with E-state index in [2.05, 4.69) is 19.2 Å². The molecule has 0 aliphatic carbocycles. The van der Waals surface area contributed by atoms with Crippen molar-refractivity contribution in [1.82, 2.24) is 5.32 Å². The minimum atomic E-state index is 0.0495. The zero-order valence-corrected chi connectivity index (χ0v) is 11.8. The minimum absolute atomic E-state index is 0.0495. The van der Waals surface area contributed by atoms with Crippen LogP contribution >= 0.6 is 0 Å². The van der Waals surface area contributed by atoms with Crippen LogP contribution in [0.15, 0.2) is 12.1 Å². The van der Waals surface area contributed by atoms with Crippen LogP contribution in [0.2, 0.25) is 0 Å². The molecule has 1 heterocycles. The van der Waals surface area contributed by atoms with E-state index in [1.165, 1.54) is 0 Å². The Morgan fingerprint density at radius 2 is 1.89 bits per heavy atom. The van der Waals surface area contributed by atoms with Crippen LogP contribution in [-0.2, 0) is 11.2 Å². The van der Waals surface area contributed by atoms with Crippen LogP contribution in [0.3, 0.4) is 0 Å². The smallest absolute Gasteiger partial charge is 0.224 e. The molecule has 1 aromatic rings. The summed E-state index contributed by atoms with van der Waals surface area (Å²) in [6.45, 7) is 8.01. The van der Waals surface area contributed by atoms with Crippen molar-refractivity contribution >= 4 is 5.91 Å². The fraction of sp³-hybridized carbons (Fsp3) is 0.533. The van der Waals surface area contributed by atoms with Crippen LogP contribution in [0.25, 0.3) is 0 Å². The summed E-state index contributed by atoms with van der Waals surface area (Å²) in [4.78, 5) is 11.9. The van der Waals surface area contributed by atoms with E-state index in [1.54, 1.807) is 0 Å². The van der Waals surface area contributed by atoms with Gasteiger partial charge in [0.05, 0.1) is 6.42 Å². The minimum Gasteiger partial charge on any atom is -0.486 e. The van der Waals surface area contributed by atoms with E-state index in [9.17, 15) is 4.79 Å². The molecule has 0 fully saturated rings. The lowest BCUT2D eigenvalue weighted by Crippen LogP contribution is -2.29. The highest BCUT2D eigenvalue weighted by Gasteiger charge is 2.15. The first-order valence-electron chi connectivity index (χ1n) is 6.72. The molecular weight excluding hydrogens is 242 g/mol. The topological polar surface area (TPSA) is 47.6 Å². The van der Waals surface area contributed by atoms with Crippen molar-refractivity contribution < 1.29 is 14.3 Å². The van der Waals surface area contributed by atoms with E-state index in [4.69, 9.17) is 9.47 Å². The number of carbonyl (C=O) groups is 1. The summed E-state index contributed by atoms with van der Waals surface area (Å²) in [5, 5.41) is 2.93. The molecule has 4 nitrogen and oxygen atoms in total. The van der Waals surface area contributed by atoms with Crippen LogP contribution in [0, 0.1) is 12.8 Å². The van der Waals surface area contributed by atoms with Gasteiger partial charge in [-0.2, -0.15) is 0 Å². The summed E-state index contributed by atoms with van der Waals surface area (Å²) in [6, 6.07) is 3.86. The standard InChI is InChI=1S/C15H21NO3/c1-10(2)9-16-15(17)8-12-7-14-13(6-11(12)3)18-4-5-19-14/h6-7,10H,4-5,8-9H2,1-3H3,(H,16,17). The second-order valence-corrected chi connectivity index (χ2v) is 5.30. The van der Waals surface area contributed by atoms with Crippen molar-refractivity contribution in [2.75, 3.05) is 19.8 Å². The molecule has 0 bridgehead atoms. The Hall–Kier alpha value is -1.71. The number of nitrogens with one attached hydrogen (secondary N) is 1. The molecule has 4 heteroatoms. The first kappa shape index (κ1) is 13.7. The van der Waals surface area contributed by atoms with Gasteiger partial charge in [-0.1, -0.05) is 13.8 Å². The predicted octanol–water partition coefficient (Wildman–Crippen LogP) is 2.08. The highest BCUT2D eigenvalue weighted by atomic mass is 16.6. The van der Waals surface area contributed by atoms with Crippen molar-refractivity contribution in [2.24, 2.45) is 5.92 Å². The quantitative estimate of drug-likeness (QED) is 0.904. The molecule has 0 saturated carbocycles. The molecule has 0 saturated heterocycles. The van der Waals surface area contributed by atoms with Crippen LogP contribution in [0.1, 0.15) is 25.0 Å². The summed E-state index contributed by atoms with van der Waals surface area (Å²) >= 11 is 0. The third-order valence-corrected chi connectivity index (χ3v) is 3.06. The molecule has 104 valence electrons. The maximum Gasteiger partial charge on any atom is 0.224 e. The highest BCUT2D eigenvalue weighted by Crippen LogP contribution is 2.33. The Kier molecular flexibility index (Phi) is 4.30. The molecular formula is C15H21NO3. The van der Waals surface area contributed by atoms with Crippen molar-refractivity contribution in [2.45, 2.75) is 27.2 Å². The van der Waals surface area contributed by atoms with Gasteiger partial charge < -0.3 is 14.8 Å². The Morgan fingerprint density at radius 1 is 1.26 bits per heavy atom. The Balaban J connectivity index is 2.05. The van der Waals surface area contributed by atoms with E-state index < -0.39 is 0 Å². The van der Waals surface area contributed by atoms with Gasteiger partial charge in [0.2, 0.25) is 5.91 Å². The van der Waals surface area contributed by atoms with E-state index in [1.807, 2.05) is 19.1 Å². The molecule has 19 heavy (non-hydrogen) atoms. The molecule has 2 rings (SSSR count). The molecule has 0 atom stereocenters. The molecule has 0 unspecified atom stereocenters. The van der Waals surface area contributed by atoms with E-state index in [0.29, 0.717) is 32.1 Å². The summed E-state index contributed by atoms with van der Waals surface area (Å²) in [6.07, 6.45) is 0.384. The monoisotopic (exact) mass is 263 g/mol. The van der Waals surface area contributed by atoms with Gasteiger partial charge in [-0.3, -0.25) is 4.79 Å². The summed E-state index contributed by atoms with van der Waals surface area (Å²) in [5.74, 6) is 2.03. The number of fused-ring (bicyclic) bond motifs is 1. The fourth-order valence-corrected chi connectivity index (χ4v) is 1.98. The van der Waals surface area contributed by atoms with E-state index in [-0.39, 0.29) is 5.91 Å². The van der Waals surface area contributed by atoms with Gasteiger partial charge in [-0.25, -0.2) is 0 Å². The largest absolute Gasteiger partial charge is 0.486 e. The van der Waals surface area contributed by atoms with Crippen LogP contribution in [0.5, 0.6) is 11.5 Å². The third kappa shape index (κ3) is 3.63. The molecule has 0 spiro atoms. The Labute approximate surface area is 114 Å². The molecule has 1 aromatic carbocycles. The predicted molar refractivity (Wildman–Crippen MR) is 73.7 cm³/mol. The Morgan fingerprint density at radius 3 is 2.53 bits per heavy atom. The van der Waals surface area contributed by atoms with Gasteiger partial charge in [0.25, 0.3) is 0 Å². The molecule has 0 radical (unpaired) electrons. The van der Waals surface area contributed by atoms with Gasteiger partial charge in [0.15, 0.2) is 11.5 Å². The van der Waals surface area contributed by atoms with Gasteiger partial charge in [0, 0.05) is 6.54 Å². The number of hydrogen-bond acceptors (Lipinski definition) is 3. The normalized spacial score (nSPS) is 13.5. The summed E-state index contributed by atoms with van der Waals surface area (Å²) in [7, 11) is 0. The second kappa shape index (κ2) is 5.95. The average molecular weight is 263 g/mol. The van der Waals surface area contributed by atoms with Crippen molar-refractivity contribution in [1.29, 1.82) is 0 Å². The highest BCUT2D eigenvalue weighted by molar-refractivity contribution is 5.79. The van der Waals surface area contributed by atoms with Crippen LogP contribution < -0.4 is 14.8 Å². The average Bonchev–Trinajstić information content (AvgIpc) is 2.37. The van der Waals surface area contributed by atoms with Crippen LogP contribution in [0.4, 0.5) is 0 Å². The lowest BCUT2D eigenvalue weighted by Gasteiger charge is -2.20. The summed E-state index contributed by atoms with van der Waals surface area (Å²) in [5.41, 5.74) is 2.05. The maximum absolute atomic E-state index is 11.9. The maximum atomic E-state index is 11.9. The van der Waals surface area contributed by atoms with Crippen molar-refractivity contribution in [3.8, 4) is 11.5 Å². The van der Waals surface area contributed by atoms with Gasteiger partial charge in [-0.15, -0.1) is 0 Å². The number of hydrogen-bond donors (Lipinski definition) is 1. The van der Waals surface area contributed by atoms with Gasteiger partial charge >= 0.3 is 0 Å². The van der Waals surface area contributed by atoms with Crippen molar-refractivity contribution in [3.05, 3.63) is 23.3 Å². The van der Waals surface area contributed by atoms with Crippen LogP contribution in [-0.4, -0.2) is 25.7 Å².